The Hall–Kier alpha value is -1.72. The SMILES string of the molecule is CSCO[C@H]1CC2(C[C@@H]3CC(C/C=C(\C)C[C@@H](C)/C=C/C=C4\CO[C@@H]5[C@H](O)C(C)=CC(C(=O)O3)[C@]45O)O2)OC(/C(C)=C/C(C)C)[C@H]1C. The minimum Gasteiger partial charge on any atom is -0.462 e. The van der Waals surface area contributed by atoms with Crippen molar-refractivity contribution in [3.8, 4) is 0 Å². The summed E-state index contributed by atoms with van der Waals surface area (Å²) in [7, 11) is 0. The molecule has 5 aliphatic rings. The molecule has 2 N–H and O–H groups in total. The number of allylic oxidation sites excluding steroid dienone is 5. The van der Waals surface area contributed by atoms with Crippen LogP contribution in [0.5, 0.6) is 0 Å². The van der Waals surface area contributed by atoms with Crippen molar-refractivity contribution in [2.24, 2.45) is 23.7 Å². The summed E-state index contributed by atoms with van der Waals surface area (Å²) in [5, 5.41) is 23.2. The molecule has 0 aromatic rings. The summed E-state index contributed by atoms with van der Waals surface area (Å²) in [4.78, 5) is 14.2. The molecule has 262 valence electrons. The number of aliphatic hydroxyl groups excluding tert-OH is 1. The molecule has 0 aromatic heterocycles. The van der Waals surface area contributed by atoms with Crippen molar-refractivity contribution in [1.82, 2.24) is 0 Å². The summed E-state index contributed by atoms with van der Waals surface area (Å²) >= 11 is 1.65. The van der Waals surface area contributed by atoms with Crippen LogP contribution in [-0.2, 0) is 28.5 Å². The van der Waals surface area contributed by atoms with Crippen molar-refractivity contribution in [1.29, 1.82) is 0 Å². The molecule has 1 aliphatic carbocycles. The van der Waals surface area contributed by atoms with Gasteiger partial charge in [0.1, 0.15) is 29.8 Å². The minimum absolute atomic E-state index is 0.107. The molecule has 0 radical (unpaired) electrons. The number of esters is 1. The highest BCUT2D eigenvalue weighted by Gasteiger charge is 2.60. The maximum Gasteiger partial charge on any atom is 0.316 e. The van der Waals surface area contributed by atoms with Gasteiger partial charge in [-0.15, -0.1) is 11.8 Å². The molecule has 0 aromatic carbocycles. The van der Waals surface area contributed by atoms with E-state index in [0.29, 0.717) is 48.7 Å². The molecule has 0 saturated carbocycles. The Bertz CT molecular complexity index is 1300. The number of ether oxygens (including phenoxy) is 5. The highest BCUT2D eigenvalue weighted by atomic mass is 32.2. The van der Waals surface area contributed by atoms with E-state index in [-0.39, 0.29) is 36.8 Å². The summed E-state index contributed by atoms with van der Waals surface area (Å²) < 4.78 is 32.7. The first-order valence-electron chi connectivity index (χ1n) is 17.3. The molecule has 3 saturated heterocycles. The van der Waals surface area contributed by atoms with Gasteiger partial charge in [-0.1, -0.05) is 69.7 Å². The monoisotopic (exact) mass is 672 g/mol. The van der Waals surface area contributed by atoms with E-state index in [4.69, 9.17) is 23.7 Å². The first kappa shape index (κ1) is 36.6. The third kappa shape index (κ3) is 7.87. The smallest absolute Gasteiger partial charge is 0.316 e. The molecule has 1 spiro atoms. The average Bonchev–Trinajstić information content (AvgIpc) is 3.34. The van der Waals surface area contributed by atoms with E-state index >= 15 is 0 Å². The zero-order valence-electron chi connectivity index (χ0n) is 29.4. The number of carbonyl (C=O) groups is 1. The topological polar surface area (TPSA) is 104 Å². The first-order valence-corrected chi connectivity index (χ1v) is 18.7. The quantitative estimate of drug-likeness (QED) is 0.194. The van der Waals surface area contributed by atoms with Crippen molar-refractivity contribution in [3.05, 3.63) is 58.7 Å². The lowest BCUT2D eigenvalue weighted by Gasteiger charge is -2.52. The molecule has 5 rings (SSSR count). The minimum atomic E-state index is -1.73. The van der Waals surface area contributed by atoms with Crippen molar-refractivity contribution in [2.75, 3.05) is 18.8 Å². The van der Waals surface area contributed by atoms with Gasteiger partial charge in [-0.05, 0) is 68.4 Å². The van der Waals surface area contributed by atoms with E-state index in [2.05, 4.69) is 59.8 Å². The van der Waals surface area contributed by atoms with E-state index in [1.165, 1.54) is 5.57 Å². The van der Waals surface area contributed by atoms with Crippen LogP contribution in [0.25, 0.3) is 0 Å². The number of thioether (sulfide) groups is 1. The summed E-state index contributed by atoms with van der Waals surface area (Å²) in [5.41, 5.74) is 1.81. The summed E-state index contributed by atoms with van der Waals surface area (Å²) in [6.07, 6.45) is 13.9. The Morgan fingerprint density at radius 3 is 2.68 bits per heavy atom. The number of hydrogen-bond acceptors (Lipinski definition) is 9. The van der Waals surface area contributed by atoms with E-state index in [9.17, 15) is 15.0 Å². The van der Waals surface area contributed by atoms with Crippen LogP contribution in [0.3, 0.4) is 0 Å². The van der Waals surface area contributed by atoms with Gasteiger partial charge in [-0.2, -0.15) is 0 Å². The second kappa shape index (κ2) is 15.0. The summed E-state index contributed by atoms with van der Waals surface area (Å²) in [5.74, 6) is -1.30. The molecule has 4 heterocycles. The van der Waals surface area contributed by atoms with Gasteiger partial charge in [-0.3, -0.25) is 4.79 Å². The Morgan fingerprint density at radius 2 is 1.96 bits per heavy atom. The van der Waals surface area contributed by atoms with Gasteiger partial charge in [0.2, 0.25) is 0 Å². The zero-order valence-corrected chi connectivity index (χ0v) is 30.3. The fraction of sp³-hybridized carbons (Fsp3) is 0.711. The lowest BCUT2D eigenvalue weighted by atomic mass is 9.71. The lowest BCUT2D eigenvalue weighted by molar-refractivity contribution is -0.344. The van der Waals surface area contributed by atoms with Crippen LogP contribution in [0.4, 0.5) is 0 Å². The fourth-order valence-electron chi connectivity index (χ4n) is 8.19. The maximum absolute atomic E-state index is 14.2. The van der Waals surface area contributed by atoms with E-state index in [0.717, 1.165) is 12.0 Å². The second-order valence-electron chi connectivity index (χ2n) is 15.0. The average molecular weight is 673 g/mol. The second-order valence-corrected chi connectivity index (χ2v) is 15.8. The third-order valence-electron chi connectivity index (χ3n) is 10.5. The van der Waals surface area contributed by atoms with Gasteiger partial charge >= 0.3 is 5.97 Å². The molecule has 0 amide bonds. The molecular weight excluding hydrogens is 616 g/mol. The van der Waals surface area contributed by atoms with E-state index in [1.807, 2.05) is 18.4 Å². The van der Waals surface area contributed by atoms with Crippen LogP contribution in [0.1, 0.15) is 80.6 Å². The maximum atomic E-state index is 14.2. The van der Waals surface area contributed by atoms with Crippen LogP contribution in [0.15, 0.2) is 58.7 Å². The van der Waals surface area contributed by atoms with Gasteiger partial charge in [0.25, 0.3) is 0 Å². The van der Waals surface area contributed by atoms with Crippen LogP contribution in [0.2, 0.25) is 0 Å². The van der Waals surface area contributed by atoms with Crippen molar-refractivity contribution < 1.29 is 38.7 Å². The van der Waals surface area contributed by atoms with Gasteiger partial charge < -0.3 is 33.9 Å². The highest BCUT2D eigenvalue weighted by molar-refractivity contribution is 7.98. The van der Waals surface area contributed by atoms with Crippen molar-refractivity contribution in [3.63, 3.8) is 0 Å². The summed E-state index contributed by atoms with van der Waals surface area (Å²) in [6, 6.07) is 0. The number of aliphatic hydroxyl groups is 2. The van der Waals surface area contributed by atoms with Crippen LogP contribution >= 0.6 is 11.8 Å². The number of carbonyl (C=O) groups excluding carboxylic acids is 1. The standard InChI is InChI=1S/C38H56O8S/c1-22(2)14-26(6)34-27(7)32(43-21-47-8)19-37(46-34)18-30-17-29(45-37)13-12-24(4)15-23(3)10-9-11-28-20-42-35-33(39)25(5)16-31(36(40)44-30)38(28,35)41/h9-12,14,16,22-23,27,29-35,39,41H,13,15,17-21H2,1-8H3/b10-9+,24-12+,26-14+,28-11+/t23-,27-,29?,30-,31?,32-,33+,34?,35+,37?,38+/m0/s1. The van der Waals surface area contributed by atoms with Crippen LogP contribution in [0, 0.1) is 23.7 Å². The van der Waals surface area contributed by atoms with Gasteiger partial charge in [0, 0.05) is 25.2 Å². The fourth-order valence-corrected chi connectivity index (χ4v) is 8.51. The van der Waals surface area contributed by atoms with Gasteiger partial charge in [0.15, 0.2) is 5.79 Å². The highest BCUT2D eigenvalue weighted by Crippen LogP contribution is 2.48. The Labute approximate surface area is 285 Å². The predicted octanol–water partition coefficient (Wildman–Crippen LogP) is 6.43. The molecule has 8 nitrogen and oxygen atoms in total. The van der Waals surface area contributed by atoms with Gasteiger partial charge in [-0.25, -0.2) is 0 Å². The molecule has 9 heteroatoms. The zero-order chi connectivity index (χ0) is 34.1. The number of fused-ring (bicyclic) bond motifs is 2. The van der Waals surface area contributed by atoms with Crippen LogP contribution in [-0.4, -0.2) is 83.0 Å². The molecule has 4 aliphatic heterocycles. The van der Waals surface area contributed by atoms with Crippen molar-refractivity contribution in [2.45, 2.75) is 129 Å². The largest absolute Gasteiger partial charge is 0.462 e. The molecule has 4 unspecified atom stereocenters. The summed E-state index contributed by atoms with van der Waals surface area (Å²) in [6.45, 7) is 14.8. The first-order chi connectivity index (χ1) is 22.3. The Kier molecular flexibility index (Phi) is 11.7. The Balaban J connectivity index is 1.54. The van der Waals surface area contributed by atoms with Crippen molar-refractivity contribution >= 4 is 17.7 Å². The molecular formula is C38H56O8S. The molecule has 11 atom stereocenters. The van der Waals surface area contributed by atoms with E-state index in [1.54, 1.807) is 24.8 Å². The van der Waals surface area contributed by atoms with E-state index < -0.39 is 41.6 Å². The van der Waals surface area contributed by atoms with Crippen LogP contribution < -0.4 is 0 Å². The third-order valence-corrected chi connectivity index (χ3v) is 10.9. The molecule has 2 bridgehead atoms. The van der Waals surface area contributed by atoms with Gasteiger partial charge in [0.05, 0.1) is 30.9 Å². The lowest BCUT2D eigenvalue weighted by Crippen LogP contribution is -2.59. The predicted molar refractivity (Wildman–Crippen MR) is 185 cm³/mol. The Morgan fingerprint density at radius 1 is 1.19 bits per heavy atom. The number of hydrogen-bond donors (Lipinski definition) is 2. The number of rotatable bonds is 5. The molecule has 47 heavy (non-hydrogen) atoms. The molecule has 3 fully saturated rings. The normalized spacial score (nSPS) is 44.6.